The Hall–Kier alpha value is -0.870. The quantitative estimate of drug-likeness (QED) is 0.876. The van der Waals surface area contributed by atoms with Gasteiger partial charge in [0.1, 0.15) is 0 Å². The summed E-state index contributed by atoms with van der Waals surface area (Å²) in [4.78, 5) is 11.8. The van der Waals surface area contributed by atoms with Crippen LogP contribution in [0.3, 0.4) is 0 Å². The normalized spacial score (nSPS) is 18.8. The number of hydrogen-bond acceptors (Lipinski definition) is 2. The molecule has 1 fully saturated rings. The van der Waals surface area contributed by atoms with Gasteiger partial charge in [-0.2, -0.15) is 0 Å². The van der Waals surface area contributed by atoms with Crippen LogP contribution in [0.4, 0.5) is 0 Å². The standard InChI is InChI=1S/C14H19BrN2O/c15-12-4-1-3-11(9-12)10-14(18)17-8-6-13-5-2-7-16-13/h1,3-4,9,13,16H,2,5-8,10H2,(H,17,18)/t13-/m1/s1. The third kappa shape index (κ3) is 4.42. The Labute approximate surface area is 116 Å². The molecule has 0 saturated carbocycles. The predicted molar refractivity (Wildman–Crippen MR) is 76.5 cm³/mol. The van der Waals surface area contributed by atoms with Crippen molar-refractivity contribution in [3.8, 4) is 0 Å². The van der Waals surface area contributed by atoms with Crippen LogP contribution >= 0.6 is 15.9 Å². The Morgan fingerprint density at radius 3 is 3.11 bits per heavy atom. The van der Waals surface area contributed by atoms with E-state index in [1.165, 1.54) is 12.8 Å². The Balaban J connectivity index is 1.68. The molecule has 0 unspecified atom stereocenters. The van der Waals surface area contributed by atoms with Gasteiger partial charge in [0.25, 0.3) is 0 Å². The molecular weight excluding hydrogens is 292 g/mol. The van der Waals surface area contributed by atoms with E-state index in [1.54, 1.807) is 0 Å². The van der Waals surface area contributed by atoms with Crippen molar-refractivity contribution >= 4 is 21.8 Å². The minimum Gasteiger partial charge on any atom is -0.356 e. The van der Waals surface area contributed by atoms with E-state index in [-0.39, 0.29) is 5.91 Å². The van der Waals surface area contributed by atoms with Crippen molar-refractivity contribution in [3.05, 3.63) is 34.3 Å². The molecule has 3 nitrogen and oxygen atoms in total. The monoisotopic (exact) mass is 310 g/mol. The van der Waals surface area contributed by atoms with E-state index in [2.05, 4.69) is 26.6 Å². The molecule has 1 amide bonds. The van der Waals surface area contributed by atoms with Crippen LogP contribution in [0.2, 0.25) is 0 Å². The molecule has 1 aliphatic rings. The molecule has 1 atom stereocenters. The maximum Gasteiger partial charge on any atom is 0.224 e. The lowest BCUT2D eigenvalue weighted by Gasteiger charge is -2.10. The molecule has 0 aliphatic carbocycles. The second-order valence-corrected chi connectivity index (χ2v) is 5.65. The minimum atomic E-state index is 0.103. The summed E-state index contributed by atoms with van der Waals surface area (Å²) >= 11 is 3.41. The van der Waals surface area contributed by atoms with Crippen LogP contribution in [0.25, 0.3) is 0 Å². The summed E-state index contributed by atoms with van der Waals surface area (Å²) < 4.78 is 1.02. The molecule has 1 heterocycles. The second kappa shape index (κ2) is 6.90. The maximum atomic E-state index is 11.8. The smallest absolute Gasteiger partial charge is 0.224 e. The topological polar surface area (TPSA) is 41.1 Å². The Bertz CT molecular complexity index is 403. The highest BCUT2D eigenvalue weighted by Crippen LogP contribution is 2.12. The van der Waals surface area contributed by atoms with Gasteiger partial charge in [-0.15, -0.1) is 0 Å². The van der Waals surface area contributed by atoms with Gasteiger partial charge < -0.3 is 10.6 Å². The maximum absolute atomic E-state index is 11.8. The van der Waals surface area contributed by atoms with Crippen LogP contribution in [0.1, 0.15) is 24.8 Å². The fraction of sp³-hybridized carbons (Fsp3) is 0.500. The number of hydrogen-bond donors (Lipinski definition) is 2. The first-order valence-corrected chi connectivity index (χ1v) is 7.28. The molecule has 1 aliphatic heterocycles. The van der Waals surface area contributed by atoms with E-state index >= 15 is 0 Å². The number of carbonyl (C=O) groups excluding carboxylic acids is 1. The first-order valence-electron chi connectivity index (χ1n) is 6.48. The van der Waals surface area contributed by atoms with Crippen molar-refractivity contribution in [2.75, 3.05) is 13.1 Å². The van der Waals surface area contributed by atoms with Gasteiger partial charge in [0.05, 0.1) is 6.42 Å². The van der Waals surface area contributed by atoms with Gasteiger partial charge in [-0.05, 0) is 43.5 Å². The van der Waals surface area contributed by atoms with Crippen molar-refractivity contribution in [3.63, 3.8) is 0 Å². The Morgan fingerprint density at radius 1 is 1.50 bits per heavy atom. The lowest BCUT2D eigenvalue weighted by Crippen LogP contribution is -2.31. The molecule has 2 rings (SSSR count). The number of amides is 1. The molecular formula is C14H19BrN2O. The highest BCUT2D eigenvalue weighted by Gasteiger charge is 2.13. The average Bonchev–Trinajstić information content (AvgIpc) is 2.82. The highest BCUT2D eigenvalue weighted by atomic mass is 79.9. The third-order valence-corrected chi connectivity index (χ3v) is 3.72. The zero-order valence-corrected chi connectivity index (χ0v) is 12.0. The lowest BCUT2D eigenvalue weighted by molar-refractivity contribution is -0.120. The molecule has 18 heavy (non-hydrogen) atoms. The molecule has 1 aromatic rings. The molecule has 0 radical (unpaired) electrons. The van der Waals surface area contributed by atoms with Crippen LogP contribution in [-0.2, 0) is 11.2 Å². The summed E-state index contributed by atoms with van der Waals surface area (Å²) in [6, 6.07) is 8.47. The summed E-state index contributed by atoms with van der Waals surface area (Å²) in [6.45, 7) is 1.89. The second-order valence-electron chi connectivity index (χ2n) is 4.74. The van der Waals surface area contributed by atoms with Crippen molar-refractivity contribution in [2.24, 2.45) is 0 Å². The summed E-state index contributed by atoms with van der Waals surface area (Å²) in [5.41, 5.74) is 1.04. The van der Waals surface area contributed by atoms with Crippen molar-refractivity contribution in [1.82, 2.24) is 10.6 Å². The number of halogens is 1. The number of benzene rings is 1. The Kier molecular flexibility index (Phi) is 5.20. The zero-order chi connectivity index (χ0) is 12.8. The molecule has 0 aromatic heterocycles. The first-order chi connectivity index (χ1) is 8.74. The summed E-state index contributed by atoms with van der Waals surface area (Å²) in [5, 5.41) is 6.41. The molecule has 4 heteroatoms. The van der Waals surface area contributed by atoms with Gasteiger partial charge in [-0.1, -0.05) is 28.1 Å². The van der Waals surface area contributed by atoms with E-state index < -0.39 is 0 Å². The summed E-state index contributed by atoms with van der Waals surface area (Å²) in [6.07, 6.45) is 3.99. The summed E-state index contributed by atoms with van der Waals surface area (Å²) in [5.74, 6) is 0.103. The highest BCUT2D eigenvalue weighted by molar-refractivity contribution is 9.10. The molecule has 98 valence electrons. The number of rotatable bonds is 5. The zero-order valence-electron chi connectivity index (χ0n) is 10.4. The molecule has 1 saturated heterocycles. The summed E-state index contributed by atoms with van der Waals surface area (Å²) in [7, 11) is 0. The number of carbonyl (C=O) groups is 1. The predicted octanol–water partition coefficient (Wildman–Crippen LogP) is 2.25. The van der Waals surface area contributed by atoms with E-state index in [9.17, 15) is 4.79 Å². The molecule has 2 N–H and O–H groups in total. The van der Waals surface area contributed by atoms with Gasteiger partial charge in [0.2, 0.25) is 5.91 Å². The molecule has 1 aromatic carbocycles. The van der Waals surface area contributed by atoms with Crippen molar-refractivity contribution in [1.29, 1.82) is 0 Å². The minimum absolute atomic E-state index is 0.103. The fourth-order valence-electron chi connectivity index (χ4n) is 2.28. The van der Waals surface area contributed by atoms with Crippen LogP contribution in [0, 0.1) is 0 Å². The van der Waals surface area contributed by atoms with E-state index in [0.29, 0.717) is 12.5 Å². The molecule has 0 spiro atoms. The van der Waals surface area contributed by atoms with Gasteiger partial charge in [0.15, 0.2) is 0 Å². The Morgan fingerprint density at radius 2 is 2.39 bits per heavy atom. The van der Waals surface area contributed by atoms with E-state index in [4.69, 9.17) is 0 Å². The van der Waals surface area contributed by atoms with E-state index in [1.807, 2.05) is 24.3 Å². The number of nitrogens with one attached hydrogen (secondary N) is 2. The van der Waals surface area contributed by atoms with Gasteiger partial charge >= 0.3 is 0 Å². The van der Waals surface area contributed by atoms with Crippen LogP contribution in [-0.4, -0.2) is 25.0 Å². The van der Waals surface area contributed by atoms with Gasteiger partial charge in [-0.3, -0.25) is 4.79 Å². The van der Waals surface area contributed by atoms with Crippen LogP contribution in [0.15, 0.2) is 28.7 Å². The van der Waals surface area contributed by atoms with Crippen LogP contribution < -0.4 is 10.6 Å². The first kappa shape index (κ1) is 13.6. The average molecular weight is 311 g/mol. The van der Waals surface area contributed by atoms with Gasteiger partial charge in [-0.25, -0.2) is 0 Å². The van der Waals surface area contributed by atoms with Crippen LogP contribution in [0.5, 0.6) is 0 Å². The van der Waals surface area contributed by atoms with Crippen molar-refractivity contribution in [2.45, 2.75) is 31.7 Å². The van der Waals surface area contributed by atoms with E-state index in [0.717, 1.165) is 29.5 Å². The molecule has 0 bridgehead atoms. The lowest BCUT2D eigenvalue weighted by atomic mass is 10.1. The fourth-order valence-corrected chi connectivity index (χ4v) is 2.73. The largest absolute Gasteiger partial charge is 0.356 e. The van der Waals surface area contributed by atoms with Crippen molar-refractivity contribution < 1.29 is 4.79 Å². The third-order valence-electron chi connectivity index (χ3n) is 3.23. The van der Waals surface area contributed by atoms with Gasteiger partial charge in [0, 0.05) is 17.1 Å². The SMILES string of the molecule is O=C(Cc1cccc(Br)c1)NCC[C@H]1CCCN1.